The minimum absolute atomic E-state index is 0.0736. The maximum atomic E-state index is 6.85. The highest BCUT2D eigenvalue weighted by atomic mass is 28.4. The number of benzene rings is 1. The Hall–Kier alpha value is -0.849. The van der Waals surface area contributed by atoms with Crippen LogP contribution < -0.4 is 9.61 Å². The van der Waals surface area contributed by atoms with Gasteiger partial charge in [0.2, 0.25) is 8.32 Å². The maximum absolute atomic E-state index is 6.85. The van der Waals surface area contributed by atoms with Gasteiger partial charge in [-0.05, 0) is 49.2 Å². The fourth-order valence-electron chi connectivity index (χ4n) is 4.17. The van der Waals surface area contributed by atoms with Gasteiger partial charge in [-0.2, -0.15) is 0 Å². The van der Waals surface area contributed by atoms with Crippen molar-refractivity contribution in [3.8, 4) is 5.75 Å². The van der Waals surface area contributed by atoms with Crippen molar-refractivity contribution in [3.05, 3.63) is 45.8 Å². The zero-order chi connectivity index (χ0) is 21.7. The molecule has 0 aliphatic heterocycles. The van der Waals surface area contributed by atoms with E-state index in [9.17, 15) is 0 Å². The van der Waals surface area contributed by atoms with E-state index in [1.54, 1.807) is 10.4 Å². The summed E-state index contributed by atoms with van der Waals surface area (Å²) < 4.78 is 6.85. The fraction of sp³-hybridized carbons (Fsp3) is 0.583. The molecular weight excluding hydrogens is 389 g/mol. The standard InChI is InChI=1S/C24H42OSi3/c1-18-16-19(24(2,3)4)23(25-27(8,9)10)22(17-18)28(11,12)21-15-13-14-20(21)26(5,6)7/h13-14,16-17H,15H2,1-12H3. The van der Waals surface area contributed by atoms with Crippen molar-refractivity contribution in [3.63, 3.8) is 0 Å². The van der Waals surface area contributed by atoms with Crippen LogP contribution in [0.25, 0.3) is 0 Å². The van der Waals surface area contributed by atoms with E-state index in [-0.39, 0.29) is 5.41 Å². The van der Waals surface area contributed by atoms with Crippen LogP contribution in [0.1, 0.15) is 38.3 Å². The molecule has 1 nitrogen and oxygen atoms in total. The Kier molecular flexibility index (Phi) is 6.23. The molecule has 0 saturated heterocycles. The highest BCUT2D eigenvalue weighted by Crippen LogP contribution is 2.39. The van der Waals surface area contributed by atoms with Crippen LogP contribution in [0.3, 0.4) is 0 Å². The Bertz CT molecular complexity index is 810. The predicted octanol–water partition coefficient (Wildman–Crippen LogP) is 7.09. The van der Waals surface area contributed by atoms with E-state index in [0.29, 0.717) is 0 Å². The summed E-state index contributed by atoms with van der Waals surface area (Å²) in [6.07, 6.45) is 5.97. The second kappa shape index (κ2) is 7.44. The van der Waals surface area contributed by atoms with Crippen molar-refractivity contribution in [2.45, 2.75) is 91.9 Å². The maximum Gasteiger partial charge on any atom is 0.242 e. The molecule has 0 spiro atoms. The van der Waals surface area contributed by atoms with Crippen LogP contribution in [0.4, 0.5) is 0 Å². The summed E-state index contributed by atoms with van der Waals surface area (Å²) in [4.78, 5) is 0. The molecule has 4 heteroatoms. The molecule has 0 unspecified atom stereocenters. The second-order valence-corrected chi connectivity index (χ2v) is 25.9. The first-order valence-electron chi connectivity index (χ1n) is 10.7. The molecule has 0 N–H and O–H groups in total. The molecule has 0 saturated carbocycles. The number of rotatable bonds is 5. The lowest BCUT2D eigenvalue weighted by Crippen LogP contribution is -2.48. The van der Waals surface area contributed by atoms with E-state index in [0.717, 1.165) is 6.42 Å². The van der Waals surface area contributed by atoms with Gasteiger partial charge in [0.05, 0.1) is 8.07 Å². The van der Waals surface area contributed by atoms with Gasteiger partial charge in [0.25, 0.3) is 0 Å². The molecular formula is C24H42OSi3. The van der Waals surface area contributed by atoms with Gasteiger partial charge in [0.15, 0.2) is 0 Å². The summed E-state index contributed by atoms with van der Waals surface area (Å²) in [6, 6.07) is 4.81. The molecule has 0 amide bonds. The number of aryl methyl sites for hydroxylation is 1. The molecule has 1 aliphatic carbocycles. The van der Waals surface area contributed by atoms with Gasteiger partial charge in [-0.15, -0.1) is 0 Å². The third-order valence-electron chi connectivity index (χ3n) is 5.62. The summed E-state index contributed by atoms with van der Waals surface area (Å²) >= 11 is 0. The topological polar surface area (TPSA) is 9.23 Å². The quantitative estimate of drug-likeness (QED) is 0.453. The van der Waals surface area contributed by atoms with Crippen molar-refractivity contribution >= 4 is 29.7 Å². The largest absolute Gasteiger partial charge is 0.544 e. The highest BCUT2D eigenvalue weighted by molar-refractivity contribution is 6.98. The smallest absolute Gasteiger partial charge is 0.242 e. The van der Waals surface area contributed by atoms with Crippen molar-refractivity contribution < 1.29 is 4.43 Å². The number of hydrogen-bond acceptors (Lipinski definition) is 1. The van der Waals surface area contributed by atoms with Crippen molar-refractivity contribution in [1.82, 2.24) is 0 Å². The fourth-order valence-corrected chi connectivity index (χ4v) is 11.8. The lowest BCUT2D eigenvalue weighted by molar-refractivity contribution is 0.511. The van der Waals surface area contributed by atoms with Crippen molar-refractivity contribution in [2.24, 2.45) is 0 Å². The minimum atomic E-state index is -1.86. The molecule has 28 heavy (non-hydrogen) atoms. The van der Waals surface area contributed by atoms with Crippen LogP contribution in [-0.2, 0) is 5.41 Å². The van der Waals surface area contributed by atoms with Crippen LogP contribution in [-0.4, -0.2) is 24.5 Å². The van der Waals surface area contributed by atoms with Crippen LogP contribution in [0.5, 0.6) is 5.75 Å². The van der Waals surface area contributed by atoms with Gasteiger partial charge < -0.3 is 4.43 Å². The lowest BCUT2D eigenvalue weighted by atomic mass is 9.85. The predicted molar refractivity (Wildman–Crippen MR) is 135 cm³/mol. The Balaban J connectivity index is 2.82. The molecule has 1 aliphatic rings. The van der Waals surface area contributed by atoms with E-state index in [1.807, 2.05) is 0 Å². The van der Waals surface area contributed by atoms with Gasteiger partial charge in [0.1, 0.15) is 13.8 Å². The number of hydrogen-bond donors (Lipinski definition) is 0. The van der Waals surface area contributed by atoms with E-state index in [1.165, 1.54) is 22.1 Å². The monoisotopic (exact) mass is 430 g/mol. The first-order chi connectivity index (χ1) is 12.4. The van der Waals surface area contributed by atoms with Gasteiger partial charge >= 0.3 is 0 Å². The molecule has 2 rings (SSSR count). The van der Waals surface area contributed by atoms with E-state index in [4.69, 9.17) is 4.43 Å². The average molecular weight is 431 g/mol. The van der Waals surface area contributed by atoms with E-state index in [2.05, 4.69) is 104 Å². The zero-order valence-electron chi connectivity index (χ0n) is 20.4. The first-order valence-corrected chi connectivity index (χ1v) is 20.6. The van der Waals surface area contributed by atoms with Crippen molar-refractivity contribution in [2.75, 3.05) is 0 Å². The van der Waals surface area contributed by atoms with Gasteiger partial charge in [-0.25, -0.2) is 0 Å². The normalized spacial score (nSPS) is 16.1. The summed E-state index contributed by atoms with van der Waals surface area (Å²) in [6.45, 7) is 28.7. The molecule has 156 valence electrons. The van der Waals surface area contributed by atoms with Crippen LogP contribution in [0, 0.1) is 6.92 Å². The second-order valence-electron chi connectivity index (χ2n) is 12.0. The van der Waals surface area contributed by atoms with E-state index < -0.39 is 24.5 Å². The van der Waals surface area contributed by atoms with Gasteiger partial charge in [-0.1, -0.05) is 93.7 Å². The third kappa shape index (κ3) is 5.00. The summed E-state index contributed by atoms with van der Waals surface area (Å²) in [5.41, 5.74) is 2.82. The van der Waals surface area contributed by atoms with E-state index >= 15 is 0 Å². The minimum Gasteiger partial charge on any atom is -0.544 e. The molecule has 1 aromatic carbocycles. The number of allylic oxidation sites excluding steroid dienone is 4. The molecule has 0 heterocycles. The molecule has 0 radical (unpaired) electrons. The Morgan fingerprint density at radius 1 is 0.893 bits per heavy atom. The van der Waals surface area contributed by atoms with Crippen LogP contribution in [0.2, 0.25) is 52.4 Å². The molecule has 0 fully saturated rings. The first kappa shape index (κ1) is 23.4. The lowest BCUT2D eigenvalue weighted by Gasteiger charge is -2.36. The van der Waals surface area contributed by atoms with Crippen LogP contribution in [0.15, 0.2) is 34.7 Å². The van der Waals surface area contributed by atoms with Gasteiger partial charge in [0, 0.05) is 0 Å². The summed E-state index contributed by atoms with van der Waals surface area (Å²) in [5, 5.41) is 4.92. The third-order valence-corrected chi connectivity index (χ3v) is 12.5. The average Bonchev–Trinajstić information content (AvgIpc) is 2.96. The van der Waals surface area contributed by atoms with Gasteiger partial charge in [-0.3, -0.25) is 0 Å². The molecule has 0 bridgehead atoms. The molecule has 0 aromatic heterocycles. The van der Waals surface area contributed by atoms with Crippen LogP contribution >= 0.6 is 0 Å². The Morgan fingerprint density at radius 2 is 1.46 bits per heavy atom. The zero-order valence-corrected chi connectivity index (χ0v) is 23.4. The van der Waals surface area contributed by atoms with Crippen molar-refractivity contribution in [1.29, 1.82) is 0 Å². The highest BCUT2D eigenvalue weighted by Gasteiger charge is 2.39. The molecule has 1 aromatic rings. The summed E-state index contributed by atoms with van der Waals surface area (Å²) in [7, 11) is -4.95. The SMILES string of the molecule is Cc1cc(C(C)(C)C)c(O[Si](C)(C)C)c([Si](C)(C)C2=C([Si](C)(C)C)C=CC2)c1. The Morgan fingerprint density at radius 3 is 1.93 bits per heavy atom. The molecule has 0 atom stereocenters. The Labute approximate surface area is 177 Å². The summed E-state index contributed by atoms with van der Waals surface area (Å²) in [5.74, 6) is 1.21.